The molecule has 0 saturated carbocycles. The first-order valence-electron chi connectivity index (χ1n) is 7.02. The number of carbonyl (C=O) groups excluding carboxylic acids is 1. The molecule has 128 valence electrons. The lowest BCUT2D eigenvalue weighted by molar-refractivity contribution is -0.159. The largest absolute Gasteiger partial charge is 0.471 e. The summed E-state index contributed by atoms with van der Waals surface area (Å²) < 4.78 is 41.6. The van der Waals surface area contributed by atoms with Crippen molar-refractivity contribution >= 4 is 17.5 Å². The van der Waals surface area contributed by atoms with Crippen molar-refractivity contribution in [3.8, 4) is 11.4 Å². The Balaban J connectivity index is 1.67. The molecule has 0 spiro atoms. The molecule has 25 heavy (non-hydrogen) atoms. The van der Waals surface area contributed by atoms with E-state index in [1.807, 2.05) is 6.07 Å². The monoisotopic (exact) mass is 365 g/mol. The second-order valence-corrected chi connectivity index (χ2v) is 5.87. The van der Waals surface area contributed by atoms with Crippen molar-refractivity contribution in [2.75, 3.05) is 5.75 Å². The van der Waals surface area contributed by atoms with Crippen LogP contribution >= 0.6 is 11.8 Å². The number of benzene rings is 1. The van der Waals surface area contributed by atoms with E-state index in [0.29, 0.717) is 11.1 Å². The Labute approximate surface area is 144 Å². The molecule has 1 aromatic carbocycles. The molecule has 9 heteroatoms. The summed E-state index contributed by atoms with van der Waals surface area (Å²) in [5, 5.41) is 4.04. The third-order valence-corrected chi connectivity index (χ3v) is 4.07. The molecule has 0 aliphatic carbocycles. The molecule has 0 radical (unpaired) electrons. The molecule has 0 atom stereocenters. The number of carbonyl (C=O) groups is 1. The average molecular weight is 365 g/mol. The van der Waals surface area contributed by atoms with E-state index in [1.54, 1.807) is 18.3 Å². The minimum atomic E-state index is -4.69. The average Bonchev–Trinajstić information content (AvgIpc) is 3.11. The lowest BCUT2D eigenvalue weighted by Gasteiger charge is -2.02. The van der Waals surface area contributed by atoms with E-state index in [1.165, 1.54) is 36.0 Å². The van der Waals surface area contributed by atoms with Gasteiger partial charge in [-0.05, 0) is 12.1 Å². The van der Waals surface area contributed by atoms with E-state index < -0.39 is 12.1 Å². The van der Waals surface area contributed by atoms with E-state index in [4.69, 9.17) is 0 Å². The summed E-state index contributed by atoms with van der Waals surface area (Å²) >= 11 is 1.30. The van der Waals surface area contributed by atoms with Crippen molar-refractivity contribution in [2.24, 2.45) is 0 Å². The van der Waals surface area contributed by atoms with Gasteiger partial charge in [0.15, 0.2) is 5.78 Å². The first kappa shape index (κ1) is 17.2. The van der Waals surface area contributed by atoms with Gasteiger partial charge in [-0.3, -0.25) is 4.79 Å². The van der Waals surface area contributed by atoms with Gasteiger partial charge in [0.2, 0.25) is 5.82 Å². The van der Waals surface area contributed by atoms with Crippen LogP contribution in [0.2, 0.25) is 0 Å². The van der Waals surface area contributed by atoms with Gasteiger partial charge < -0.3 is 4.52 Å². The number of hydrogen-bond acceptors (Lipinski definition) is 6. The zero-order valence-electron chi connectivity index (χ0n) is 12.5. The van der Waals surface area contributed by atoms with Crippen molar-refractivity contribution in [3.05, 3.63) is 60.1 Å². The lowest BCUT2D eigenvalue weighted by atomic mass is 10.1. The molecule has 5 nitrogen and oxygen atoms in total. The van der Waals surface area contributed by atoms with Gasteiger partial charge in [0.05, 0.1) is 10.8 Å². The molecule has 3 aromatic rings. The van der Waals surface area contributed by atoms with Crippen molar-refractivity contribution in [2.45, 2.75) is 11.2 Å². The Kier molecular flexibility index (Phi) is 4.84. The van der Waals surface area contributed by atoms with Crippen molar-refractivity contribution in [1.29, 1.82) is 0 Å². The highest BCUT2D eigenvalue weighted by molar-refractivity contribution is 7.99. The first-order chi connectivity index (χ1) is 11.9. The Morgan fingerprint density at radius 3 is 2.48 bits per heavy atom. The number of ketones is 1. The normalized spacial score (nSPS) is 11.5. The van der Waals surface area contributed by atoms with Gasteiger partial charge in [-0.15, -0.1) is 0 Å². The van der Waals surface area contributed by atoms with Crippen molar-refractivity contribution in [1.82, 2.24) is 15.1 Å². The summed E-state index contributed by atoms with van der Waals surface area (Å²) in [5.74, 6) is -1.51. The maximum absolute atomic E-state index is 12.5. The summed E-state index contributed by atoms with van der Waals surface area (Å²) in [6, 6.07) is 11.4. The number of aromatic nitrogens is 3. The fourth-order valence-electron chi connectivity index (χ4n) is 1.92. The van der Waals surface area contributed by atoms with Gasteiger partial charge >= 0.3 is 12.1 Å². The molecular weight excluding hydrogens is 355 g/mol. The highest BCUT2D eigenvalue weighted by Gasteiger charge is 2.38. The van der Waals surface area contributed by atoms with Gasteiger partial charge in [-0.1, -0.05) is 47.3 Å². The van der Waals surface area contributed by atoms with Crippen molar-refractivity contribution in [3.63, 3.8) is 0 Å². The molecule has 2 heterocycles. The van der Waals surface area contributed by atoms with E-state index in [0.717, 1.165) is 5.03 Å². The Bertz CT molecular complexity index is 864. The third-order valence-electron chi connectivity index (χ3n) is 3.12. The van der Waals surface area contributed by atoms with E-state index in [-0.39, 0.29) is 17.4 Å². The molecule has 0 amide bonds. The fourth-order valence-corrected chi connectivity index (χ4v) is 2.67. The minimum Gasteiger partial charge on any atom is -0.329 e. The number of Topliss-reactive ketones (excluding diaryl/α,β-unsaturated/α-hetero) is 1. The second kappa shape index (κ2) is 7.06. The summed E-state index contributed by atoms with van der Waals surface area (Å²) in [4.78, 5) is 19.6. The van der Waals surface area contributed by atoms with Crippen LogP contribution < -0.4 is 0 Å². The quantitative estimate of drug-likeness (QED) is 0.500. The Morgan fingerprint density at radius 2 is 1.88 bits per heavy atom. The first-order valence-corrected chi connectivity index (χ1v) is 8.00. The van der Waals surface area contributed by atoms with Crippen LogP contribution in [-0.2, 0) is 6.18 Å². The molecule has 0 aliphatic rings. The Morgan fingerprint density at radius 1 is 1.12 bits per heavy atom. The zero-order chi connectivity index (χ0) is 17.9. The van der Waals surface area contributed by atoms with Crippen LogP contribution in [0.15, 0.2) is 58.2 Å². The summed E-state index contributed by atoms with van der Waals surface area (Å²) in [6.07, 6.45) is -3.05. The highest BCUT2D eigenvalue weighted by atomic mass is 32.2. The van der Waals surface area contributed by atoms with Gasteiger partial charge in [-0.2, -0.15) is 18.2 Å². The lowest BCUT2D eigenvalue weighted by Crippen LogP contribution is -2.05. The van der Waals surface area contributed by atoms with E-state index in [2.05, 4.69) is 19.6 Å². The molecule has 2 aromatic heterocycles. The van der Waals surface area contributed by atoms with E-state index >= 15 is 0 Å². The zero-order valence-corrected chi connectivity index (χ0v) is 13.3. The van der Waals surface area contributed by atoms with Crippen LogP contribution in [0.1, 0.15) is 16.2 Å². The van der Waals surface area contributed by atoms with E-state index in [9.17, 15) is 18.0 Å². The van der Waals surface area contributed by atoms with Crippen LogP contribution in [-0.4, -0.2) is 26.7 Å². The smallest absolute Gasteiger partial charge is 0.329 e. The molecule has 0 saturated heterocycles. The van der Waals surface area contributed by atoms with Gasteiger partial charge in [0.1, 0.15) is 0 Å². The SMILES string of the molecule is O=C(CSc1ccccn1)c1ccc(-c2noc(C(F)(F)F)n2)cc1. The van der Waals surface area contributed by atoms with Crippen LogP contribution in [0, 0.1) is 0 Å². The molecule has 3 rings (SSSR count). The highest BCUT2D eigenvalue weighted by Crippen LogP contribution is 2.29. The number of halogens is 3. The molecule has 0 N–H and O–H groups in total. The number of pyridine rings is 1. The van der Waals surface area contributed by atoms with Crippen LogP contribution in [0.3, 0.4) is 0 Å². The van der Waals surface area contributed by atoms with Crippen LogP contribution in [0.25, 0.3) is 11.4 Å². The van der Waals surface area contributed by atoms with Crippen LogP contribution in [0.5, 0.6) is 0 Å². The summed E-state index contributed by atoms with van der Waals surface area (Å²) in [6.45, 7) is 0. The maximum atomic E-state index is 12.5. The molecule has 0 fully saturated rings. The topological polar surface area (TPSA) is 68.9 Å². The summed E-state index contributed by atoms with van der Waals surface area (Å²) in [7, 11) is 0. The number of thioether (sulfide) groups is 1. The third kappa shape index (κ3) is 4.24. The molecular formula is C16H10F3N3O2S. The number of nitrogens with zero attached hydrogens (tertiary/aromatic N) is 3. The number of hydrogen-bond donors (Lipinski definition) is 0. The maximum Gasteiger partial charge on any atom is 0.471 e. The Hall–Kier alpha value is -2.68. The molecule has 0 bridgehead atoms. The second-order valence-electron chi connectivity index (χ2n) is 4.88. The van der Waals surface area contributed by atoms with Gasteiger partial charge in [0.25, 0.3) is 0 Å². The minimum absolute atomic E-state index is 0.119. The summed E-state index contributed by atoms with van der Waals surface area (Å²) in [5.41, 5.74) is 0.764. The van der Waals surface area contributed by atoms with Gasteiger partial charge in [-0.25, -0.2) is 4.98 Å². The predicted octanol–water partition coefficient (Wildman–Crippen LogP) is 4.13. The fraction of sp³-hybridized carbons (Fsp3) is 0.125. The number of rotatable bonds is 5. The molecule has 0 aliphatic heterocycles. The number of alkyl halides is 3. The molecule has 0 unspecified atom stereocenters. The standard InChI is InChI=1S/C16H10F3N3O2S/c17-16(18,19)15-21-14(22-24-15)11-6-4-10(5-7-11)12(23)9-25-13-3-1-2-8-20-13/h1-8H,9H2. The van der Waals surface area contributed by atoms with Crippen LogP contribution in [0.4, 0.5) is 13.2 Å². The van der Waals surface area contributed by atoms with Crippen molar-refractivity contribution < 1.29 is 22.5 Å². The van der Waals surface area contributed by atoms with Gasteiger partial charge in [0, 0.05) is 17.3 Å². The predicted molar refractivity (Wildman–Crippen MR) is 84.0 cm³/mol.